The second-order valence-electron chi connectivity index (χ2n) is 8.74. The molecule has 2 aromatic carbocycles. The van der Waals surface area contributed by atoms with Crippen LogP contribution in [0.5, 0.6) is 0 Å². The van der Waals surface area contributed by atoms with Crippen LogP contribution in [0, 0.1) is 17.2 Å². The Morgan fingerprint density at radius 3 is 2.62 bits per heavy atom. The Balaban J connectivity index is 1.60. The van der Waals surface area contributed by atoms with Gasteiger partial charge in [-0.2, -0.15) is 5.26 Å². The van der Waals surface area contributed by atoms with Crippen LogP contribution < -0.4 is 5.32 Å². The molecule has 1 aliphatic heterocycles. The number of nitrogens with one attached hydrogen (secondary N) is 1. The van der Waals surface area contributed by atoms with E-state index in [2.05, 4.69) is 65.3 Å². The minimum atomic E-state index is 0.219. The van der Waals surface area contributed by atoms with Crippen LogP contribution >= 0.6 is 0 Å². The average molecular weight is 385 g/mol. The van der Waals surface area contributed by atoms with Gasteiger partial charge in [0.05, 0.1) is 17.1 Å². The SMILES string of the molecule is C[C@H]1CCc2c(ccc3c2nc(Cc2ccccc2)n3[C@H]2CC[C@@H](C#N)CC2)N1. The van der Waals surface area contributed by atoms with Gasteiger partial charge in [-0.1, -0.05) is 30.3 Å². The maximum atomic E-state index is 9.31. The number of nitriles is 1. The van der Waals surface area contributed by atoms with E-state index >= 15 is 0 Å². The van der Waals surface area contributed by atoms with Crippen molar-refractivity contribution in [2.24, 2.45) is 5.92 Å². The summed E-state index contributed by atoms with van der Waals surface area (Å²) in [5, 5.41) is 12.9. The number of aromatic nitrogens is 2. The number of anilines is 1. The van der Waals surface area contributed by atoms with Crippen molar-refractivity contribution in [2.75, 3.05) is 5.32 Å². The van der Waals surface area contributed by atoms with Crippen LogP contribution in [0.15, 0.2) is 42.5 Å². The quantitative estimate of drug-likeness (QED) is 0.637. The molecule has 4 heteroatoms. The summed E-state index contributed by atoms with van der Waals surface area (Å²) in [5.74, 6) is 1.38. The second-order valence-corrected chi connectivity index (χ2v) is 8.74. The summed E-state index contributed by atoms with van der Waals surface area (Å²) in [4.78, 5) is 5.22. The summed E-state index contributed by atoms with van der Waals surface area (Å²) in [6.45, 7) is 2.25. The van der Waals surface area contributed by atoms with E-state index in [1.807, 2.05) is 0 Å². The maximum absolute atomic E-state index is 9.31. The highest BCUT2D eigenvalue weighted by molar-refractivity contribution is 5.86. The van der Waals surface area contributed by atoms with Crippen LogP contribution in [0.25, 0.3) is 11.0 Å². The fourth-order valence-corrected chi connectivity index (χ4v) is 5.13. The van der Waals surface area contributed by atoms with E-state index in [0.717, 1.165) is 44.9 Å². The fraction of sp³-hybridized carbons (Fsp3) is 0.440. The number of rotatable bonds is 3. The topological polar surface area (TPSA) is 53.6 Å². The molecule has 1 aliphatic carbocycles. The van der Waals surface area contributed by atoms with Crippen LogP contribution in [0.3, 0.4) is 0 Å². The molecule has 5 rings (SSSR count). The lowest BCUT2D eigenvalue weighted by Crippen LogP contribution is -2.22. The van der Waals surface area contributed by atoms with Crippen molar-refractivity contribution in [2.45, 2.75) is 64.0 Å². The Kier molecular flexibility index (Phi) is 4.75. The van der Waals surface area contributed by atoms with Gasteiger partial charge in [0, 0.05) is 35.7 Å². The van der Waals surface area contributed by atoms with E-state index in [1.54, 1.807) is 0 Å². The standard InChI is InChI=1S/C25H28N4/c1-17-7-12-21-22(27-17)13-14-23-25(21)28-24(15-18-5-3-2-4-6-18)29(23)20-10-8-19(16-26)9-11-20/h2-6,13-14,17,19-20,27H,7-12,15H2,1H3/t17-,19-,20+/m0/s1. The smallest absolute Gasteiger partial charge is 0.114 e. The van der Waals surface area contributed by atoms with Gasteiger partial charge >= 0.3 is 0 Å². The largest absolute Gasteiger partial charge is 0.382 e. The lowest BCUT2D eigenvalue weighted by molar-refractivity contribution is 0.313. The molecule has 2 heterocycles. The van der Waals surface area contributed by atoms with Crippen LogP contribution in [-0.4, -0.2) is 15.6 Å². The molecular formula is C25H28N4. The molecule has 1 N–H and O–H groups in total. The summed E-state index contributed by atoms with van der Waals surface area (Å²) in [6.07, 6.45) is 7.22. The fourth-order valence-electron chi connectivity index (χ4n) is 5.13. The molecule has 1 aromatic heterocycles. The highest BCUT2D eigenvalue weighted by Gasteiger charge is 2.27. The second kappa shape index (κ2) is 7.55. The predicted molar refractivity (Wildman–Crippen MR) is 117 cm³/mol. The first-order valence-electron chi connectivity index (χ1n) is 11.0. The van der Waals surface area contributed by atoms with Gasteiger partial charge in [0.1, 0.15) is 5.82 Å². The number of nitrogens with zero attached hydrogens (tertiary/aromatic N) is 3. The molecule has 3 aromatic rings. The van der Waals surface area contributed by atoms with Crippen molar-refractivity contribution >= 4 is 16.7 Å². The van der Waals surface area contributed by atoms with Crippen molar-refractivity contribution in [3.63, 3.8) is 0 Å². The minimum absolute atomic E-state index is 0.219. The lowest BCUT2D eigenvalue weighted by atomic mass is 9.86. The zero-order chi connectivity index (χ0) is 19.8. The number of benzene rings is 2. The van der Waals surface area contributed by atoms with E-state index in [-0.39, 0.29) is 5.92 Å². The van der Waals surface area contributed by atoms with E-state index in [1.165, 1.54) is 33.7 Å². The molecular weight excluding hydrogens is 356 g/mol. The lowest BCUT2D eigenvalue weighted by Gasteiger charge is -2.28. The first-order chi connectivity index (χ1) is 14.2. The molecule has 0 spiro atoms. The Hall–Kier alpha value is -2.80. The van der Waals surface area contributed by atoms with Crippen molar-refractivity contribution in [3.8, 4) is 6.07 Å². The maximum Gasteiger partial charge on any atom is 0.114 e. The van der Waals surface area contributed by atoms with E-state index in [9.17, 15) is 5.26 Å². The third kappa shape index (κ3) is 3.40. The van der Waals surface area contributed by atoms with Crippen molar-refractivity contribution in [1.29, 1.82) is 5.26 Å². The van der Waals surface area contributed by atoms with Crippen LogP contribution in [0.1, 0.15) is 62.0 Å². The highest BCUT2D eigenvalue weighted by Crippen LogP contribution is 2.38. The van der Waals surface area contributed by atoms with Gasteiger partial charge in [0.25, 0.3) is 0 Å². The number of fused-ring (bicyclic) bond motifs is 3. The molecule has 1 saturated carbocycles. The predicted octanol–water partition coefficient (Wildman–Crippen LogP) is 5.63. The van der Waals surface area contributed by atoms with E-state index < -0.39 is 0 Å². The molecule has 1 fully saturated rings. The molecule has 0 amide bonds. The highest BCUT2D eigenvalue weighted by atomic mass is 15.1. The van der Waals surface area contributed by atoms with Crippen molar-refractivity contribution in [1.82, 2.24) is 9.55 Å². The number of hydrogen-bond acceptors (Lipinski definition) is 3. The summed E-state index contributed by atoms with van der Waals surface area (Å²) in [6, 6.07) is 18.6. The number of imidazole rings is 1. The monoisotopic (exact) mass is 384 g/mol. The summed E-state index contributed by atoms with van der Waals surface area (Å²) in [7, 11) is 0. The number of hydrogen-bond donors (Lipinski definition) is 1. The first-order valence-corrected chi connectivity index (χ1v) is 11.0. The van der Waals surface area contributed by atoms with E-state index in [0.29, 0.717) is 12.1 Å². The van der Waals surface area contributed by atoms with Crippen LogP contribution in [0.2, 0.25) is 0 Å². The molecule has 4 nitrogen and oxygen atoms in total. The van der Waals surface area contributed by atoms with Crippen LogP contribution in [-0.2, 0) is 12.8 Å². The van der Waals surface area contributed by atoms with Gasteiger partial charge in [-0.15, -0.1) is 0 Å². The van der Waals surface area contributed by atoms with Gasteiger partial charge < -0.3 is 9.88 Å². The molecule has 0 radical (unpaired) electrons. The Morgan fingerprint density at radius 1 is 1.07 bits per heavy atom. The summed E-state index contributed by atoms with van der Waals surface area (Å²) >= 11 is 0. The third-order valence-corrected chi connectivity index (χ3v) is 6.72. The van der Waals surface area contributed by atoms with Crippen molar-refractivity contribution < 1.29 is 0 Å². The van der Waals surface area contributed by atoms with Gasteiger partial charge in [-0.05, 0) is 63.1 Å². The van der Waals surface area contributed by atoms with E-state index in [4.69, 9.17) is 4.98 Å². The number of aryl methyl sites for hydroxylation is 1. The minimum Gasteiger partial charge on any atom is -0.382 e. The summed E-state index contributed by atoms with van der Waals surface area (Å²) in [5.41, 5.74) is 6.37. The molecule has 148 valence electrons. The zero-order valence-electron chi connectivity index (χ0n) is 17.1. The van der Waals surface area contributed by atoms with Gasteiger partial charge in [0.2, 0.25) is 0 Å². The molecule has 1 atom stereocenters. The van der Waals surface area contributed by atoms with Crippen molar-refractivity contribution in [3.05, 3.63) is 59.4 Å². The Bertz CT molecular complexity index is 1050. The summed E-state index contributed by atoms with van der Waals surface area (Å²) < 4.78 is 2.51. The third-order valence-electron chi connectivity index (χ3n) is 6.72. The van der Waals surface area contributed by atoms with Gasteiger partial charge in [-0.3, -0.25) is 0 Å². The average Bonchev–Trinajstić information content (AvgIpc) is 3.12. The normalized spacial score (nSPS) is 23.9. The van der Waals surface area contributed by atoms with Gasteiger partial charge in [0.15, 0.2) is 0 Å². The van der Waals surface area contributed by atoms with Gasteiger partial charge in [-0.25, -0.2) is 4.98 Å². The van der Waals surface area contributed by atoms with Crippen LogP contribution in [0.4, 0.5) is 5.69 Å². The molecule has 0 unspecified atom stereocenters. The molecule has 2 aliphatic rings. The molecule has 0 saturated heterocycles. The first kappa shape index (κ1) is 18.2. The zero-order valence-corrected chi connectivity index (χ0v) is 17.1. The molecule has 0 bridgehead atoms. The molecule has 29 heavy (non-hydrogen) atoms. The Morgan fingerprint density at radius 2 is 1.86 bits per heavy atom. The Labute approximate surface area is 172 Å².